The quantitative estimate of drug-likeness (QED) is 0.481. The Morgan fingerprint density at radius 2 is 1.80 bits per heavy atom. The standard InChI is InChI=1S/C14H20N2O4/c1-10(17)11(8-12(18)9-15)4-2-3-7-16-13(19)5-6-14(16)20/h5-6,11H,2-4,7-9,15H2,1H3/t11-/m1/s1. The van der Waals surface area contributed by atoms with Crippen LogP contribution in [-0.2, 0) is 19.2 Å². The Bertz CT molecular complexity index is 424. The van der Waals surface area contributed by atoms with Crippen molar-refractivity contribution >= 4 is 23.4 Å². The number of ketones is 2. The van der Waals surface area contributed by atoms with E-state index in [0.29, 0.717) is 25.8 Å². The van der Waals surface area contributed by atoms with Crippen LogP contribution < -0.4 is 5.73 Å². The van der Waals surface area contributed by atoms with Crippen molar-refractivity contribution in [3.8, 4) is 0 Å². The number of carbonyl (C=O) groups is 4. The Morgan fingerprint density at radius 3 is 2.30 bits per heavy atom. The molecule has 0 aliphatic carbocycles. The van der Waals surface area contributed by atoms with Gasteiger partial charge < -0.3 is 5.73 Å². The zero-order chi connectivity index (χ0) is 15.1. The van der Waals surface area contributed by atoms with Crippen molar-refractivity contribution in [3.05, 3.63) is 12.2 Å². The van der Waals surface area contributed by atoms with Gasteiger partial charge in [0.25, 0.3) is 11.8 Å². The molecule has 0 unspecified atom stereocenters. The minimum absolute atomic E-state index is 0.0261. The molecular formula is C14H20N2O4. The third-order valence-corrected chi connectivity index (χ3v) is 3.36. The molecule has 0 radical (unpaired) electrons. The third-order valence-electron chi connectivity index (χ3n) is 3.36. The molecule has 1 aliphatic rings. The van der Waals surface area contributed by atoms with Gasteiger partial charge in [-0.05, 0) is 19.8 Å². The SMILES string of the molecule is CC(=O)[C@H](CCCCN1C(=O)C=CC1=O)CC(=O)CN. The van der Waals surface area contributed by atoms with Crippen molar-refractivity contribution in [1.29, 1.82) is 0 Å². The molecule has 6 nitrogen and oxygen atoms in total. The van der Waals surface area contributed by atoms with Crippen molar-refractivity contribution in [1.82, 2.24) is 4.90 Å². The first-order chi connectivity index (χ1) is 9.45. The fourth-order valence-corrected chi connectivity index (χ4v) is 2.12. The van der Waals surface area contributed by atoms with E-state index in [9.17, 15) is 19.2 Å². The summed E-state index contributed by atoms with van der Waals surface area (Å²) < 4.78 is 0. The number of nitrogens with two attached hydrogens (primary N) is 1. The molecule has 1 atom stereocenters. The first kappa shape index (κ1) is 16.2. The van der Waals surface area contributed by atoms with Crippen molar-refractivity contribution in [2.45, 2.75) is 32.6 Å². The highest BCUT2D eigenvalue weighted by Crippen LogP contribution is 2.15. The summed E-state index contributed by atoms with van der Waals surface area (Å²) in [5.74, 6) is -1.05. The number of unbranched alkanes of at least 4 members (excludes halogenated alkanes) is 1. The van der Waals surface area contributed by atoms with E-state index in [1.165, 1.54) is 24.0 Å². The number of amides is 2. The first-order valence-electron chi connectivity index (χ1n) is 6.71. The average molecular weight is 280 g/mol. The van der Waals surface area contributed by atoms with Gasteiger partial charge in [-0.3, -0.25) is 24.1 Å². The smallest absolute Gasteiger partial charge is 0.253 e. The molecule has 0 spiro atoms. The highest BCUT2D eigenvalue weighted by Gasteiger charge is 2.23. The Kier molecular flexibility index (Phi) is 6.24. The fourth-order valence-electron chi connectivity index (χ4n) is 2.12. The van der Waals surface area contributed by atoms with E-state index in [2.05, 4.69) is 0 Å². The summed E-state index contributed by atoms with van der Waals surface area (Å²) in [6.07, 6.45) is 4.56. The largest absolute Gasteiger partial charge is 0.324 e. The lowest BCUT2D eigenvalue weighted by Gasteiger charge is -2.15. The van der Waals surface area contributed by atoms with Gasteiger partial charge in [-0.2, -0.15) is 0 Å². The molecule has 2 N–H and O–H groups in total. The monoisotopic (exact) mass is 280 g/mol. The van der Waals surface area contributed by atoms with Gasteiger partial charge >= 0.3 is 0 Å². The summed E-state index contributed by atoms with van der Waals surface area (Å²) in [6, 6.07) is 0. The summed E-state index contributed by atoms with van der Waals surface area (Å²) in [5.41, 5.74) is 5.24. The second-order valence-corrected chi connectivity index (χ2v) is 4.91. The van der Waals surface area contributed by atoms with Gasteiger partial charge in [0.2, 0.25) is 0 Å². The molecule has 20 heavy (non-hydrogen) atoms. The van der Waals surface area contributed by atoms with Crippen molar-refractivity contribution in [3.63, 3.8) is 0 Å². The zero-order valence-electron chi connectivity index (χ0n) is 11.6. The Morgan fingerprint density at radius 1 is 1.20 bits per heavy atom. The number of hydrogen-bond acceptors (Lipinski definition) is 5. The summed E-state index contributed by atoms with van der Waals surface area (Å²) in [7, 11) is 0. The van der Waals surface area contributed by atoms with Crippen LogP contribution in [0.1, 0.15) is 32.6 Å². The molecule has 1 aliphatic heterocycles. The van der Waals surface area contributed by atoms with E-state index in [-0.39, 0.29) is 42.3 Å². The second kappa shape index (κ2) is 7.69. The number of nitrogens with zero attached hydrogens (tertiary/aromatic N) is 1. The zero-order valence-corrected chi connectivity index (χ0v) is 11.6. The summed E-state index contributed by atoms with van der Waals surface area (Å²) in [5, 5.41) is 0. The van der Waals surface area contributed by atoms with Crippen LogP contribution in [0.15, 0.2) is 12.2 Å². The number of hydrogen-bond donors (Lipinski definition) is 1. The fraction of sp³-hybridized carbons (Fsp3) is 0.571. The lowest BCUT2D eigenvalue weighted by molar-refractivity contribution is -0.137. The molecule has 110 valence electrons. The highest BCUT2D eigenvalue weighted by atomic mass is 16.2. The van der Waals surface area contributed by atoms with E-state index in [0.717, 1.165) is 0 Å². The number of Topliss-reactive ketones (excluding diaryl/α,β-unsaturated/α-hetero) is 2. The molecule has 0 saturated heterocycles. The van der Waals surface area contributed by atoms with Crippen LogP contribution in [0.2, 0.25) is 0 Å². The highest BCUT2D eigenvalue weighted by molar-refractivity contribution is 6.12. The Hall–Kier alpha value is -1.82. The molecule has 1 rings (SSSR count). The van der Waals surface area contributed by atoms with Gasteiger partial charge in [0.15, 0.2) is 0 Å². The van der Waals surface area contributed by atoms with Gasteiger partial charge in [0.05, 0.1) is 6.54 Å². The number of rotatable bonds is 9. The predicted molar refractivity (Wildman–Crippen MR) is 72.6 cm³/mol. The van der Waals surface area contributed by atoms with Gasteiger partial charge in [-0.1, -0.05) is 6.42 Å². The molecule has 2 amide bonds. The molecule has 0 bridgehead atoms. The Labute approximate surface area is 118 Å². The number of carbonyl (C=O) groups excluding carboxylic acids is 4. The molecule has 6 heteroatoms. The molecule has 0 fully saturated rings. The molecule has 1 heterocycles. The van der Waals surface area contributed by atoms with Crippen molar-refractivity contribution in [2.75, 3.05) is 13.1 Å². The van der Waals surface area contributed by atoms with E-state index < -0.39 is 0 Å². The van der Waals surface area contributed by atoms with Crippen LogP contribution in [0, 0.1) is 5.92 Å². The van der Waals surface area contributed by atoms with Gasteiger partial charge in [-0.25, -0.2) is 0 Å². The van der Waals surface area contributed by atoms with Gasteiger partial charge in [0.1, 0.15) is 11.6 Å². The summed E-state index contributed by atoms with van der Waals surface area (Å²) >= 11 is 0. The maximum Gasteiger partial charge on any atom is 0.253 e. The molecule has 0 aromatic carbocycles. The minimum Gasteiger partial charge on any atom is -0.324 e. The topological polar surface area (TPSA) is 97.5 Å². The van der Waals surface area contributed by atoms with Crippen molar-refractivity contribution < 1.29 is 19.2 Å². The maximum atomic E-state index is 11.4. The van der Waals surface area contributed by atoms with E-state index in [1.54, 1.807) is 0 Å². The second-order valence-electron chi connectivity index (χ2n) is 4.91. The Balaban J connectivity index is 2.31. The van der Waals surface area contributed by atoms with Crippen molar-refractivity contribution in [2.24, 2.45) is 11.7 Å². The van der Waals surface area contributed by atoms with Gasteiger partial charge in [-0.15, -0.1) is 0 Å². The van der Waals surface area contributed by atoms with Crippen LogP contribution in [-0.4, -0.2) is 41.4 Å². The average Bonchev–Trinajstić information content (AvgIpc) is 2.72. The van der Waals surface area contributed by atoms with Crippen LogP contribution in [0.25, 0.3) is 0 Å². The minimum atomic E-state index is -0.311. The molecule has 0 saturated carbocycles. The molecule has 0 aromatic rings. The lowest BCUT2D eigenvalue weighted by atomic mass is 9.92. The van der Waals surface area contributed by atoms with Crippen LogP contribution >= 0.6 is 0 Å². The normalized spacial score (nSPS) is 15.8. The summed E-state index contributed by atoms with van der Waals surface area (Å²) in [6.45, 7) is 1.76. The number of imide groups is 1. The molecular weight excluding hydrogens is 260 g/mol. The van der Waals surface area contributed by atoms with Crippen LogP contribution in [0.4, 0.5) is 0 Å². The lowest BCUT2D eigenvalue weighted by Crippen LogP contribution is -2.31. The van der Waals surface area contributed by atoms with Crippen LogP contribution in [0.5, 0.6) is 0 Å². The first-order valence-corrected chi connectivity index (χ1v) is 6.71. The van der Waals surface area contributed by atoms with E-state index in [4.69, 9.17) is 5.73 Å². The van der Waals surface area contributed by atoms with E-state index in [1.807, 2.05) is 0 Å². The third kappa shape index (κ3) is 4.70. The van der Waals surface area contributed by atoms with Gasteiger partial charge in [0, 0.05) is 31.0 Å². The summed E-state index contributed by atoms with van der Waals surface area (Å²) in [4.78, 5) is 46.5. The molecule has 0 aromatic heterocycles. The van der Waals surface area contributed by atoms with Crippen LogP contribution in [0.3, 0.4) is 0 Å². The maximum absolute atomic E-state index is 11.4. The predicted octanol–water partition coefficient (Wildman–Crippen LogP) is 0.205. The van der Waals surface area contributed by atoms with E-state index >= 15 is 0 Å².